The van der Waals surface area contributed by atoms with Crippen LogP contribution in [-0.4, -0.2) is 14.9 Å². The first-order valence-corrected chi connectivity index (χ1v) is 2.63. The van der Waals surface area contributed by atoms with Crippen molar-refractivity contribution in [2.45, 2.75) is 6.61 Å². The topological polar surface area (TPSA) is 64.1 Å². The summed E-state index contributed by atoms with van der Waals surface area (Å²) in [7, 11) is 1.74. The van der Waals surface area contributed by atoms with Crippen LogP contribution in [0.3, 0.4) is 0 Å². The Morgan fingerprint density at radius 2 is 2.56 bits per heavy atom. The lowest BCUT2D eigenvalue weighted by molar-refractivity contribution is 0.271. The second-order valence-corrected chi connectivity index (χ2v) is 1.83. The van der Waals surface area contributed by atoms with E-state index in [9.17, 15) is 0 Å². The molecule has 0 fully saturated rings. The van der Waals surface area contributed by atoms with Crippen LogP contribution in [0.1, 0.15) is 5.69 Å². The lowest BCUT2D eigenvalue weighted by Gasteiger charge is -1.95. The Morgan fingerprint density at radius 1 is 1.89 bits per heavy atom. The third-order valence-corrected chi connectivity index (χ3v) is 1.24. The van der Waals surface area contributed by atoms with Crippen LogP contribution in [-0.2, 0) is 13.7 Å². The Morgan fingerprint density at radius 3 is 2.78 bits per heavy atom. The van der Waals surface area contributed by atoms with E-state index in [1.807, 2.05) is 0 Å². The molecule has 1 aromatic heterocycles. The van der Waals surface area contributed by atoms with Gasteiger partial charge >= 0.3 is 0 Å². The van der Waals surface area contributed by atoms with Crippen LogP contribution in [0.15, 0.2) is 6.20 Å². The number of aliphatic hydroxyl groups is 1. The Labute approximate surface area is 52.9 Å². The molecule has 0 bridgehead atoms. The van der Waals surface area contributed by atoms with E-state index in [4.69, 9.17) is 10.8 Å². The van der Waals surface area contributed by atoms with Gasteiger partial charge in [-0.15, -0.1) is 0 Å². The van der Waals surface area contributed by atoms with Gasteiger partial charge in [0.2, 0.25) is 0 Å². The van der Waals surface area contributed by atoms with E-state index in [-0.39, 0.29) is 6.61 Å². The maximum absolute atomic E-state index is 8.65. The van der Waals surface area contributed by atoms with E-state index in [1.54, 1.807) is 11.7 Å². The van der Waals surface area contributed by atoms with Crippen molar-refractivity contribution in [3.8, 4) is 0 Å². The maximum Gasteiger partial charge on any atom is 0.0870 e. The van der Waals surface area contributed by atoms with Crippen LogP contribution in [0.2, 0.25) is 0 Å². The predicted molar refractivity (Wildman–Crippen MR) is 33.5 cm³/mol. The van der Waals surface area contributed by atoms with E-state index < -0.39 is 0 Å². The third-order valence-electron chi connectivity index (χ3n) is 1.24. The lowest BCUT2D eigenvalue weighted by atomic mass is 10.4. The van der Waals surface area contributed by atoms with E-state index in [0.29, 0.717) is 11.4 Å². The van der Waals surface area contributed by atoms with Gasteiger partial charge in [0.25, 0.3) is 0 Å². The van der Waals surface area contributed by atoms with Gasteiger partial charge in [0.05, 0.1) is 24.2 Å². The molecule has 1 aromatic rings. The maximum atomic E-state index is 8.65. The number of nitrogen functional groups attached to an aromatic ring is 1. The molecule has 9 heavy (non-hydrogen) atoms. The highest BCUT2D eigenvalue weighted by Crippen LogP contribution is 2.07. The van der Waals surface area contributed by atoms with Crippen molar-refractivity contribution >= 4 is 5.69 Å². The summed E-state index contributed by atoms with van der Waals surface area (Å²) in [6, 6.07) is 0. The molecule has 0 aliphatic rings. The zero-order valence-electron chi connectivity index (χ0n) is 5.20. The van der Waals surface area contributed by atoms with E-state index in [0.717, 1.165) is 0 Å². The quantitative estimate of drug-likeness (QED) is 0.534. The van der Waals surface area contributed by atoms with Gasteiger partial charge in [-0.2, -0.15) is 5.10 Å². The molecule has 0 aromatic carbocycles. The van der Waals surface area contributed by atoms with Crippen molar-refractivity contribution in [3.63, 3.8) is 0 Å². The average molecular weight is 127 g/mol. The molecule has 0 radical (unpaired) electrons. The molecule has 0 aliphatic heterocycles. The minimum absolute atomic E-state index is 0.0532. The number of aliphatic hydroxyl groups excluding tert-OH is 1. The first-order valence-electron chi connectivity index (χ1n) is 2.63. The second-order valence-electron chi connectivity index (χ2n) is 1.83. The fourth-order valence-electron chi connectivity index (χ4n) is 0.673. The van der Waals surface area contributed by atoms with E-state index in [1.165, 1.54) is 6.20 Å². The molecule has 1 rings (SSSR count). The number of hydrogen-bond acceptors (Lipinski definition) is 3. The molecule has 0 spiro atoms. The highest BCUT2D eigenvalue weighted by molar-refractivity contribution is 5.40. The van der Waals surface area contributed by atoms with Crippen LogP contribution < -0.4 is 5.73 Å². The molecular weight excluding hydrogens is 118 g/mol. The Balaban J connectivity index is 3.07. The summed E-state index contributed by atoms with van der Waals surface area (Å²) in [5, 5.41) is 12.5. The second kappa shape index (κ2) is 2.06. The summed E-state index contributed by atoms with van der Waals surface area (Å²) >= 11 is 0. The van der Waals surface area contributed by atoms with Gasteiger partial charge in [0.15, 0.2) is 0 Å². The minimum atomic E-state index is -0.0532. The van der Waals surface area contributed by atoms with Crippen molar-refractivity contribution in [1.82, 2.24) is 9.78 Å². The number of hydrogen-bond donors (Lipinski definition) is 2. The zero-order chi connectivity index (χ0) is 6.85. The average Bonchev–Trinajstić information content (AvgIpc) is 2.12. The smallest absolute Gasteiger partial charge is 0.0870 e. The van der Waals surface area contributed by atoms with Gasteiger partial charge in [-0.1, -0.05) is 0 Å². The largest absolute Gasteiger partial charge is 0.396 e. The first-order chi connectivity index (χ1) is 4.25. The van der Waals surface area contributed by atoms with Crippen LogP contribution in [0.5, 0.6) is 0 Å². The van der Waals surface area contributed by atoms with Crippen LogP contribution >= 0.6 is 0 Å². The van der Waals surface area contributed by atoms with Gasteiger partial charge in [-0.05, 0) is 0 Å². The highest BCUT2D eigenvalue weighted by Gasteiger charge is 2.00. The van der Waals surface area contributed by atoms with Crippen LogP contribution in [0.4, 0.5) is 5.69 Å². The summed E-state index contributed by atoms with van der Waals surface area (Å²) < 4.78 is 1.55. The molecular formula is C5H9N3O. The van der Waals surface area contributed by atoms with Gasteiger partial charge in [-0.3, -0.25) is 4.68 Å². The first kappa shape index (κ1) is 6.10. The highest BCUT2D eigenvalue weighted by atomic mass is 16.3. The molecule has 4 heteroatoms. The number of rotatable bonds is 1. The van der Waals surface area contributed by atoms with E-state index in [2.05, 4.69) is 5.10 Å². The molecule has 0 atom stereocenters. The normalized spacial score (nSPS) is 10.0. The summed E-state index contributed by atoms with van der Waals surface area (Å²) in [6.45, 7) is -0.0532. The number of nitrogens with two attached hydrogens (primary N) is 1. The molecule has 50 valence electrons. The summed E-state index contributed by atoms with van der Waals surface area (Å²) in [4.78, 5) is 0. The fourth-order valence-corrected chi connectivity index (χ4v) is 0.673. The molecule has 0 saturated heterocycles. The molecule has 3 N–H and O–H groups in total. The van der Waals surface area contributed by atoms with Gasteiger partial charge in [-0.25, -0.2) is 0 Å². The number of aromatic nitrogens is 2. The number of aryl methyl sites for hydroxylation is 1. The Hall–Kier alpha value is -1.03. The van der Waals surface area contributed by atoms with Crippen molar-refractivity contribution in [3.05, 3.63) is 11.9 Å². The minimum Gasteiger partial charge on any atom is -0.396 e. The monoisotopic (exact) mass is 127 g/mol. The van der Waals surface area contributed by atoms with Gasteiger partial charge in [0, 0.05) is 7.05 Å². The molecule has 1 heterocycles. The lowest BCUT2D eigenvalue weighted by Crippen LogP contribution is -1.99. The van der Waals surface area contributed by atoms with Crippen molar-refractivity contribution in [1.29, 1.82) is 0 Å². The van der Waals surface area contributed by atoms with Crippen molar-refractivity contribution in [2.75, 3.05) is 5.73 Å². The standard InChI is InChI=1S/C5H9N3O/c1-8-5(3-9)4(6)2-7-8/h2,9H,3,6H2,1H3. The van der Waals surface area contributed by atoms with Crippen molar-refractivity contribution in [2.24, 2.45) is 7.05 Å². The predicted octanol–water partition coefficient (Wildman–Crippen LogP) is -0.505. The van der Waals surface area contributed by atoms with Crippen LogP contribution in [0, 0.1) is 0 Å². The third kappa shape index (κ3) is 0.882. The van der Waals surface area contributed by atoms with Crippen LogP contribution in [0.25, 0.3) is 0 Å². The van der Waals surface area contributed by atoms with E-state index >= 15 is 0 Å². The Bertz CT molecular complexity index is 186. The molecule has 0 aliphatic carbocycles. The Kier molecular flexibility index (Phi) is 1.40. The molecule has 0 amide bonds. The summed E-state index contributed by atoms with van der Waals surface area (Å²) in [5.41, 5.74) is 6.61. The molecule has 4 nitrogen and oxygen atoms in total. The molecule has 0 unspecified atom stereocenters. The van der Waals surface area contributed by atoms with Crippen molar-refractivity contribution < 1.29 is 5.11 Å². The fraction of sp³-hybridized carbons (Fsp3) is 0.400. The number of anilines is 1. The summed E-state index contributed by atoms with van der Waals surface area (Å²) in [5.74, 6) is 0. The molecule has 0 saturated carbocycles. The zero-order valence-corrected chi connectivity index (χ0v) is 5.20. The number of nitrogens with zero attached hydrogens (tertiary/aromatic N) is 2. The summed E-state index contributed by atoms with van der Waals surface area (Å²) in [6.07, 6.45) is 1.52. The van der Waals surface area contributed by atoms with Gasteiger partial charge in [0.1, 0.15) is 0 Å². The van der Waals surface area contributed by atoms with Gasteiger partial charge < -0.3 is 10.8 Å². The SMILES string of the molecule is Cn1ncc(N)c1CO.